The monoisotopic (exact) mass is 327 g/mol. The minimum atomic E-state index is -0.750. The van der Waals surface area contributed by atoms with Crippen molar-refractivity contribution in [2.45, 2.75) is 46.1 Å². The molecule has 1 aliphatic rings. The van der Waals surface area contributed by atoms with Gasteiger partial charge in [0.15, 0.2) is 0 Å². The number of fused-ring (bicyclic) bond motifs is 3. The van der Waals surface area contributed by atoms with Gasteiger partial charge in [-0.2, -0.15) is 0 Å². The van der Waals surface area contributed by atoms with Gasteiger partial charge in [-0.15, -0.1) is 0 Å². The maximum absolute atomic E-state index is 12.7. The van der Waals surface area contributed by atoms with E-state index in [2.05, 4.69) is 5.43 Å². The van der Waals surface area contributed by atoms with Crippen molar-refractivity contribution in [3.05, 3.63) is 35.5 Å². The van der Waals surface area contributed by atoms with E-state index in [-0.39, 0.29) is 17.7 Å². The van der Waals surface area contributed by atoms with Gasteiger partial charge in [0, 0.05) is 19.2 Å². The van der Waals surface area contributed by atoms with Crippen LogP contribution in [0.25, 0.3) is 10.9 Å². The van der Waals surface area contributed by atoms with Crippen LogP contribution in [0.3, 0.4) is 0 Å². The molecule has 6 heteroatoms. The number of para-hydroxylation sites is 1. The minimum Gasteiger partial charge on any atom is -0.281 e. The standard InChI is InChI=1S/C18H21N3O3/c1-5-18(6-2)16-15(17(24)19-21(18)12(4)23)13-9-7-8-10-14(13)20(16)11(3)22/h7-10H,5-6H2,1-4H3,(H,19,24). The van der Waals surface area contributed by atoms with E-state index in [4.69, 9.17) is 0 Å². The zero-order valence-corrected chi connectivity index (χ0v) is 14.3. The van der Waals surface area contributed by atoms with Crippen LogP contribution in [0.4, 0.5) is 0 Å². The number of nitrogens with one attached hydrogen (secondary N) is 1. The fourth-order valence-corrected chi connectivity index (χ4v) is 3.89. The highest BCUT2D eigenvalue weighted by atomic mass is 16.2. The Bertz CT molecular complexity index is 829. The number of hydrogen-bond donors (Lipinski definition) is 1. The first kappa shape index (κ1) is 16.2. The lowest BCUT2D eigenvalue weighted by molar-refractivity contribution is -0.141. The SMILES string of the molecule is CCC1(CC)c2c(c3ccccc3n2C(C)=O)C(=O)NN1C(C)=O. The third kappa shape index (κ3) is 1.92. The van der Waals surface area contributed by atoms with Crippen molar-refractivity contribution in [1.29, 1.82) is 0 Å². The summed E-state index contributed by atoms with van der Waals surface area (Å²) in [6.07, 6.45) is 1.17. The number of nitrogens with zero attached hydrogens (tertiary/aromatic N) is 2. The lowest BCUT2D eigenvalue weighted by Gasteiger charge is -2.46. The highest BCUT2D eigenvalue weighted by Crippen LogP contribution is 2.43. The number of carbonyl (C=O) groups is 3. The highest BCUT2D eigenvalue weighted by Gasteiger charge is 2.48. The zero-order valence-electron chi connectivity index (χ0n) is 14.3. The molecule has 2 aromatic rings. The molecule has 3 rings (SSSR count). The van der Waals surface area contributed by atoms with Crippen molar-refractivity contribution in [2.24, 2.45) is 0 Å². The molecule has 6 nitrogen and oxygen atoms in total. The van der Waals surface area contributed by atoms with E-state index in [1.54, 1.807) is 4.57 Å². The Balaban J connectivity index is 2.51. The van der Waals surface area contributed by atoms with Gasteiger partial charge in [-0.05, 0) is 18.9 Å². The van der Waals surface area contributed by atoms with Crippen LogP contribution in [-0.4, -0.2) is 27.3 Å². The fraction of sp³-hybridized carbons (Fsp3) is 0.389. The Morgan fingerprint density at radius 3 is 2.25 bits per heavy atom. The van der Waals surface area contributed by atoms with Crippen LogP contribution in [0.15, 0.2) is 24.3 Å². The Morgan fingerprint density at radius 1 is 1.08 bits per heavy atom. The number of rotatable bonds is 2. The van der Waals surface area contributed by atoms with Crippen molar-refractivity contribution in [3.8, 4) is 0 Å². The van der Waals surface area contributed by atoms with Crippen LogP contribution in [0.2, 0.25) is 0 Å². The Kier molecular flexibility index (Phi) is 3.70. The molecule has 0 bridgehead atoms. The van der Waals surface area contributed by atoms with Crippen LogP contribution >= 0.6 is 0 Å². The molecule has 0 unspecified atom stereocenters. The minimum absolute atomic E-state index is 0.170. The molecule has 2 heterocycles. The molecule has 1 aliphatic heterocycles. The largest absolute Gasteiger partial charge is 0.281 e. The van der Waals surface area contributed by atoms with Crippen molar-refractivity contribution < 1.29 is 14.4 Å². The van der Waals surface area contributed by atoms with Crippen LogP contribution < -0.4 is 5.43 Å². The van der Waals surface area contributed by atoms with Crippen molar-refractivity contribution in [2.75, 3.05) is 0 Å². The van der Waals surface area contributed by atoms with Gasteiger partial charge in [-0.3, -0.25) is 24.4 Å². The average molecular weight is 327 g/mol. The molecule has 0 spiro atoms. The number of carbonyl (C=O) groups excluding carboxylic acids is 3. The zero-order chi connectivity index (χ0) is 17.6. The van der Waals surface area contributed by atoms with Crippen LogP contribution in [-0.2, 0) is 10.3 Å². The first-order valence-electron chi connectivity index (χ1n) is 8.15. The van der Waals surface area contributed by atoms with E-state index in [1.165, 1.54) is 18.9 Å². The molecule has 0 saturated heterocycles. The third-order valence-corrected chi connectivity index (χ3v) is 4.98. The van der Waals surface area contributed by atoms with Gasteiger partial charge < -0.3 is 0 Å². The van der Waals surface area contributed by atoms with E-state index in [0.717, 1.165) is 5.39 Å². The lowest BCUT2D eigenvalue weighted by Crippen LogP contribution is -2.61. The molecular formula is C18H21N3O3. The van der Waals surface area contributed by atoms with E-state index in [0.29, 0.717) is 29.6 Å². The molecule has 0 radical (unpaired) electrons. The average Bonchev–Trinajstić information content (AvgIpc) is 2.91. The highest BCUT2D eigenvalue weighted by molar-refractivity contribution is 6.12. The van der Waals surface area contributed by atoms with Crippen molar-refractivity contribution in [1.82, 2.24) is 15.0 Å². The number of amides is 2. The van der Waals surface area contributed by atoms with E-state index < -0.39 is 5.54 Å². The Hall–Kier alpha value is -2.63. The number of benzene rings is 1. The third-order valence-electron chi connectivity index (χ3n) is 4.98. The molecule has 0 aliphatic carbocycles. The topological polar surface area (TPSA) is 71.4 Å². The molecule has 1 aromatic carbocycles. The van der Waals surface area contributed by atoms with Gasteiger partial charge in [0.1, 0.15) is 5.54 Å². The molecule has 0 fully saturated rings. The van der Waals surface area contributed by atoms with Crippen LogP contribution in [0.5, 0.6) is 0 Å². The molecule has 0 atom stereocenters. The van der Waals surface area contributed by atoms with Gasteiger partial charge in [-0.25, -0.2) is 5.01 Å². The van der Waals surface area contributed by atoms with Gasteiger partial charge >= 0.3 is 0 Å². The summed E-state index contributed by atoms with van der Waals surface area (Å²) in [5.41, 5.74) is 3.77. The van der Waals surface area contributed by atoms with E-state index in [9.17, 15) is 14.4 Å². The summed E-state index contributed by atoms with van der Waals surface area (Å²) in [5, 5.41) is 2.12. The maximum atomic E-state index is 12.7. The van der Waals surface area contributed by atoms with Crippen LogP contribution in [0.1, 0.15) is 61.4 Å². The van der Waals surface area contributed by atoms with Gasteiger partial charge in [0.25, 0.3) is 5.91 Å². The second-order valence-electron chi connectivity index (χ2n) is 6.13. The molecule has 1 N–H and O–H groups in total. The summed E-state index contributed by atoms with van der Waals surface area (Å²) in [7, 11) is 0. The maximum Gasteiger partial charge on any atom is 0.272 e. The second kappa shape index (κ2) is 5.47. The van der Waals surface area contributed by atoms with Gasteiger partial charge in [0.2, 0.25) is 11.8 Å². The lowest BCUT2D eigenvalue weighted by atomic mass is 9.83. The summed E-state index contributed by atoms with van der Waals surface area (Å²) in [5.74, 6) is -0.774. The summed E-state index contributed by atoms with van der Waals surface area (Å²) < 4.78 is 1.59. The quantitative estimate of drug-likeness (QED) is 0.922. The summed E-state index contributed by atoms with van der Waals surface area (Å²) in [6, 6.07) is 7.36. The number of aromatic nitrogens is 1. The molecular weight excluding hydrogens is 306 g/mol. The molecule has 1 aromatic heterocycles. The first-order valence-corrected chi connectivity index (χ1v) is 8.15. The normalized spacial score (nSPS) is 16.0. The molecule has 126 valence electrons. The number of hydrogen-bond acceptors (Lipinski definition) is 3. The second-order valence-corrected chi connectivity index (χ2v) is 6.13. The Labute approximate surface area is 140 Å². The Morgan fingerprint density at radius 2 is 1.71 bits per heavy atom. The van der Waals surface area contributed by atoms with Crippen molar-refractivity contribution in [3.63, 3.8) is 0 Å². The molecule has 0 saturated carbocycles. The van der Waals surface area contributed by atoms with Crippen molar-refractivity contribution >= 4 is 28.6 Å². The van der Waals surface area contributed by atoms with E-state index >= 15 is 0 Å². The van der Waals surface area contributed by atoms with E-state index in [1.807, 2.05) is 38.1 Å². The van der Waals surface area contributed by atoms with Gasteiger partial charge in [0.05, 0.1) is 16.8 Å². The smallest absolute Gasteiger partial charge is 0.272 e. The summed E-state index contributed by atoms with van der Waals surface area (Å²) >= 11 is 0. The first-order chi connectivity index (χ1) is 11.4. The summed E-state index contributed by atoms with van der Waals surface area (Å²) in [4.78, 5) is 37.4. The fourth-order valence-electron chi connectivity index (χ4n) is 3.89. The summed E-state index contributed by atoms with van der Waals surface area (Å²) in [6.45, 7) is 6.82. The number of hydrazine groups is 1. The predicted molar refractivity (Wildman–Crippen MR) is 90.5 cm³/mol. The molecule has 24 heavy (non-hydrogen) atoms. The molecule has 2 amide bonds. The predicted octanol–water partition coefficient (Wildman–Crippen LogP) is 2.82. The van der Waals surface area contributed by atoms with Crippen LogP contribution in [0, 0.1) is 0 Å². The van der Waals surface area contributed by atoms with Gasteiger partial charge in [-0.1, -0.05) is 32.0 Å².